The lowest BCUT2D eigenvalue weighted by Gasteiger charge is -2.16. The summed E-state index contributed by atoms with van der Waals surface area (Å²) in [4.78, 5) is 38.9. The molecule has 0 unspecified atom stereocenters. The molecule has 0 radical (unpaired) electrons. The van der Waals surface area contributed by atoms with Gasteiger partial charge in [-0.05, 0) is 84.3 Å². The molecular formula is C37H30N4O11S2. The van der Waals surface area contributed by atoms with Gasteiger partial charge < -0.3 is 31.5 Å². The van der Waals surface area contributed by atoms with E-state index in [9.17, 15) is 50.5 Å². The SMILES string of the molecule is Cc1ccc(NC(=O)Nc2ccc(C)c(C(=O)Nc3c(S(=O)(=O)O)ccc4cccc(O)c34)c2)cc1C(=O)Nc1c(S(=O)(=O)O)ccc2cccc(O)c12. The fraction of sp³-hybridized carbons (Fsp3) is 0.0541. The van der Waals surface area contributed by atoms with Gasteiger partial charge in [0, 0.05) is 33.3 Å². The average molecular weight is 771 g/mol. The first-order valence-corrected chi connectivity index (χ1v) is 18.7. The minimum Gasteiger partial charge on any atom is -0.507 e. The molecule has 276 valence electrons. The Hall–Kier alpha value is -6.53. The standard InChI is InChI=1S/C37H30N4O11S2/c1-19-9-13-23(17-25(19)35(44)40-33-29(53(47,48)49)15-11-21-5-3-7-27(42)31(21)33)38-37(46)39-24-14-10-20(2)26(18-24)36(45)41-34-30(54(50,51)52)16-12-22-6-4-8-28(43)32(22)34/h3-18,42-43H,1-2H3,(H,40,44)(H,41,45)(H2,38,39,46)(H,47,48,49)(H,50,51,52). The molecule has 8 N–H and O–H groups in total. The molecule has 54 heavy (non-hydrogen) atoms. The molecule has 0 saturated heterocycles. The van der Waals surface area contributed by atoms with Gasteiger partial charge in [0.25, 0.3) is 32.1 Å². The predicted molar refractivity (Wildman–Crippen MR) is 202 cm³/mol. The lowest BCUT2D eigenvalue weighted by molar-refractivity contribution is 0.101. The maximum atomic E-state index is 13.5. The highest BCUT2D eigenvalue weighted by atomic mass is 32.2. The molecule has 0 aliphatic carbocycles. The second-order valence-corrected chi connectivity index (χ2v) is 14.9. The third kappa shape index (κ3) is 7.50. The molecule has 17 heteroatoms. The zero-order chi connectivity index (χ0) is 39.1. The third-order valence-corrected chi connectivity index (χ3v) is 10.3. The first kappa shape index (κ1) is 37.2. The van der Waals surface area contributed by atoms with E-state index in [2.05, 4.69) is 21.3 Å². The number of carbonyl (C=O) groups is 3. The molecule has 6 aromatic rings. The molecule has 0 saturated carbocycles. The van der Waals surface area contributed by atoms with Crippen LogP contribution in [0.5, 0.6) is 11.5 Å². The maximum Gasteiger partial charge on any atom is 0.323 e. The highest BCUT2D eigenvalue weighted by molar-refractivity contribution is 7.86. The number of amides is 4. The Balaban J connectivity index is 1.23. The molecule has 15 nitrogen and oxygen atoms in total. The molecular weight excluding hydrogens is 741 g/mol. The summed E-state index contributed by atoms with van der Waals surface area (Å²) in [5.41, 5.74) is 0.470. The van der Waals surface area contributed by atoms with Gasteiger partial charge in [-0.15, -0.1) is 0 Å². The van der Waals surface area contributed by atoms with E-state index in [1.165, 1.54) is 72.8 Å². The number of anilines is 4. The van der Waals surface area contributed by atoms with Crippen LogP contribution in [0.3, 0.4) is 0 Å². The molecule has 0 fully saturated rings. The molecule has 0 aromatic heterocycles. The smallest absolute Gasteiger partial charge is 0.323 e. The van der Waals surface area contributed by atoms with E-state index in [-0.39, 0.29) is 56.1 Å². The molecule has 0 bridgehead atoms. The Labute approximate surface area is 307 Å². The number of aromatic hydroxyl groups is 2. The van der Waals surface area contributed by atoms with Crippen LogP contribution in [0.1, 0.15) is 31.8 Å². The minimum absolute atomic E-state index is 0.0135. The van der Waals surface area contributed by atoms with Crippen molar-refractivity contribution in [3.05, 3.63) is 119 Å². The number of fused-ring (bicyclic) bond motifs is 2. The Morgan fingerprint density at radius 1 is 0.519 bits per heavy atom. The molecule has 0 spiro atoms. The van der Waals surface area contributed by atoms with Crippen molar-refractivity contribution in [3.63, 3.8) is 0 Å². The van der Waals surface area contributed by atoms with Crippen LogP contribution >= 0.6 is 0 Å². The quantitative estimate of drug-likeness (QED) is 0.0760. The molecule has 0 aliphatic heterocycles. The Kier molecular flexibility index (Phi) is 9.74. The summed E-state index contributed by atoms with van der Waals surface area (Å²) in [5.74, 6) is -2.32. The van der Waals surface area contributed by atoms with Gasteiger partial charge in [0.2, 0.25) is 0 Å². The van der Waals surface area contributed by atoms with Gasteiger partial charge in [-0.3, -0.25) is 18.7 Å². The Morgan fingerprint density at radius 2 is 0.907 bits per heavy atom. The number of carbonyl (C=O) groups excluding carboxylic acids is 3. The van der Waals surface area contributed by atoms with Gasteiger partial charge in [-0.1, -0.05) is 48.5 Å². The highest BCUT2D eigenvalue weighted by Gasteiger charge is 2.25. The van der Waals surface area contributed by atoms with Gasteiger partial charge >= 0.3 is 6.03 Å². The number of nitrogens with one attached hydrogen (secondary N) is 4. The molecule has 0 heterocycles. The second-order valence-electron chi connectivity index (χ2n) is 12.1. The van der Waals surface area contributed by atoms with Crippen LogP contribution in [0.2, 0.25) is 0 Å². The summed E-state index contributed by atoms with van der Waals surface area (Å²) >= 11 is 0. The van der Waals surface area contributed by atoms with Crippen molar-refractivity contribution in [2.24, 2.45) is 0 Å². The fourth-order valence-electron chi connectivity index (χ4n) is 5.90. The summed E-state index contributed by atoms with van der Waals surface area (Å²) in [6, 6.07) is 21.6. The summed E-state index contributed by atoms with van der Waals surface area (Å²) in [5, 5.41) is 31.9. The van der Waals surface area contributed by atoms with Crippen molar-refractivity contribution in [1.29, 1.82) is 0 Å². The monoisotopic (exact) mass is 770 g/mol. The summed E-state index contributed by atoms with van der Waals surface area (Å²) < 4.78 is 68.5. The van der Waals surface area contributed by atoms with Crippen LogP contribution in [-0.2, 0) is 20.2 Å². The molecule has 6 aromatic carbocycles. The molecule has 4 amide bonds. The van der Waals surface area contributed by atoms with E-state index in [1.807, 2.05) is 0 Å². The number of benzene rings is 6. The lowest BCUT2D eigenvalue weighted by Crippen LogP contribution is -2.21. The third-order valence-electron chi connectivity index (χ3n) is 8.48. The van der Waals surface area contributed by atoms with E-state index < -0.39 is 47.9 Å². The number of urea groups is 1. The maximum absolute atomic E-state index is 13.5. The zero-order valence-corrected chi connectivity index (χ0v) is 29.8. The van der Waals surface area contributed by atoms with Gasteiger partial charge in [0.1, 0.15) is 21.3 Å². The van der Waals surface area contributed by atoms with Crippen LogP contribution in [0.4, 0.5) is 27.5 Å². The topological polar surface area (TPSA) is 249 Å². The van der Waals surface area contributed by atoms with Crippen molar-refractivity contribution < 1.29 is 50.5 Å². The van der Waals surface area contributed by atoms with Crippen LogP contribution in [0, 0.1) is 13.8 Å². The lowest BCUT2D eigenvalue weighted by atomic mass is 10.0. The summed E-state index contributed by atoms with van der Waals surface area (Å²) in [6.45, 7) is 3.20. The van der Waals surface area contributed by atoms with E-state index in [0.717, 1.165) is 12.1 Å². The Morgan fingerprint density at radius 3 is 1.28 bits per heavy atom. The van der Waals surface area contributed by atoms with Crippen LogP contribution in [0.15, 0.2) is 107 Å². The van der Waals surface area contributed by atoms with Crippen LogP contribution < -0.4 is 21.3 Å². The first-order valence-electron chi connectivity index (χ1n) is 15.8. The second kappa shape index (κ2) is 14.1. The first-order chi connectivity index (χ1) is 25.4. The number of rotatable bonds is 8. The summed E-state index contributed by atoms with van der Waals surface area (Å²) in [7, 11) is -9.68. The average Bonchev–Trinajstić information content (AvgIpc) is 3.09. The van der Waals surface area contributed by atoms with Gasteiger partial charge in [-0.25, -0.2) is 4.79 Å². The number of phenolic OH excluding ortho intramolecular Hbond substituents is 2. The van der Waals surface area contributed by atoms with Crippen LogP contribution in [0.25, 0.3) is 21.5 Å². The number of hydrogen-bond donors (Lipinski definition) is 8. The van der Waals surface area contributed by atoms with Crippen molar-refractivity contribution >= 4 is 82.4 Å². The molecule has 0 atom stereocenters. The van der Waals surface area contributed by atoms with Crippen molar-refractivity contribution in [2.45, 2.75) is 23.6 Å². The Bertz CT molecular complexity index is 2600. The zero-order valence-electron chi connectivity index (χ0n) is 28.2. The van der Waals surface area contributed by atoms with E-state index >= 15 is 0 Å². The fourth-order valence-corrected chi connectivity index (χ4v) is 7.21. The van der Waals surface area contributed by atoms with Crippen molar-refractivity contribution in [2.75, 3.05) is 21.3 Å². The van der Waals surface area contributed by atoms with Gasteiger partial charge in [-0.2, -0.15) is 16.8 Å². The largest absolute Gasteiger partial charge is 0.507 e. The molecule has 6 rings (SSSR count). The normalized spacial score (nSPS) is 11.6. The number of phenols is 2. The van der Waals surface area contributed by atoms with E-state index in [4.69, 9.17) is 0 Å². The van der Waals surface area contributed by atoms with E-state index in [0.29, 0.717) is 21.9 Å². The minimum atomic E-state index is -4.84. The van der Waals surface area contributed by atoms with Gasteiger partial charge in [0.15, 0.2) is 0 Å². The van der Waals surface area contributed by atoms with E-state index in [1.54, 1.807) is 26.0 Å². The predicted octanol–water partition coefficient (Wildman–Crippen LogP) is 6.66. The highest BCUT2D eigenvalue weighted by Crippen LogP contribution is 2.38. The van der Waals surface area contributed by atoms with Crippen LogP contribution in [-0.4, -0.2) is 54.0 Å². The molecule has 0 aliphatic rings. The number of hydrogen-bond acceptors (Lipinski definition) is 9. The van der Waals surface area contributed by atoms with Gasteiger partial charge in [0.05, 0.1) is 11.4 Å². The summed E-state index contributed by atoms with van der Waals surface area (Å²) in [6.07, 6.45) is 0. The number of aryl methyl sites for hydroxylation is 2. The van der Waals surface area contributed by atoms with Crippen molar-refractivity contribution in [3.8, 4) is 11.5 Å². The van der Waals surface area contributed by atoms with Crippen molar-refractivity contribution in [1.82, 2.24) is 0 Å².